The van der Waals surface area contributed by atoms with Gasteiger partial charge in [-0.15, -0.1) is 0 Å². The molecule has 1 aromatic carbocycles. The zero-order valence-electron chi connectivity index (χ0n) is 10.7. The number of ether oxygens (including phenoxy) is 1. The molecule has 1 aromatic heterocycles. The van der Waals surface area contributed by atoms with Crippen molar-refractivity contribution in [1.29, 1.82) is 0 Å². The molecular formula is C13H14ClN3OS. The van der Waals surface area contributed by atoms with Gasteiger partial charge in [0.2, 0.25) is 5.88 Å². The van der Waals surface area contributed by atoms with Gasteiger partial charge in [0.1, 0.15) is 12.4 Å². The molecule has 0 spiro atoms. The van der Waals surface area contributed by atoms with E-state index in [9.17, 15) is 0 Å². The molecule has 0 amide bonds. The SMILES string of the molecule is CNc1cc(OCc2ccccc2Cl)nc(SC)n1. The molecule has 0 aliphatic heterocycles. The predicted molar refractivity (Wildman–Crippen MR) is 79.1 cm³/mol. The summed E-state index contributed by atoms with van der Waals surface area (Å²) in [6.45, 7) is 0.383. The first kappa shape index (κ1) is 14.0. The lowest BCUT2D eigenvalue weighted by Crippen LogP contribution is -2.02. The zero-order valence-corrected chi connectivity index (χ0v) is 12.3. The van der Waals surface area contributed by atoms with Crippen LogP contribution in [0.1, 0.15) is 5.56 Å². The summed E-state index contributed by atoms with van der Waals surface area (Å²) in [7, 11) is 1.81. The summed E-state index contributed by atoms with van der Waals surface area (Å²) >= 11 is 7.55. The van der Waals surface area contributed by atoms with Crippen LogP contribution in [0.5, 0.6) is 5.88 Å². The van der Waals surface area contributed by atoms with Crippen molar-refractivity contribution < 1.29 is 4.74 Å². The summed E-state index contributed by atoms with van der Waals surface area (Å²) < 4.78 is 5.67. The van der Waals surface area contributed by atoms with Crippen molar-refractivity contribution in [1.82, 2.24) is 9.97 Å². The smallest absolute Gasteiger partial charge is 0.219 e. The minimum absolute atomic E-state index is 0.383. The summed E-state index contributed by atoms with van der Waals surface area (Å²) in [5, 5.41) is 4.34. The van der Waals surface area contributed by atoms with Crippen LogP contribution in [0.4, 0.5) is 5.82 Å². The van der Waals surface area contributed by atoms with Gasteiger partial charge in [-0.25, -0.2) is 4.98 Å². The molecular weight excluding hydrogens is 282 g/mol. The Balaban J connectivity index is 2.13. The second-order valence-corrected chi connectivity index (χ2v) is 4.89. The molecule has 2 aromatic rings. The highest BCUT2D eigenvalue weighted by atomic mass is 35.5. The molecule has 2 rings (SSSR count). The topological polar surface area (TPSA) is 47.0 Å². The third-order valence-corrected chi connectivity index (χ3v) is 3.37. The van der Waals surface area contributed by atoms with E-state index in [0.29, 0.717) is 22.7 Å². The first-order valence-corrected chi connectivity index (χ1v) is 7.30. The molecule has 1 heterocycles. The molecule has 6 heteroatoms. The van der Waals surface area contributed by atoms with Crippen LogP contribution in [-0.4, -0.2) is 23.3 Å². The van der Waals surface area contributed by atoms with Crippen LogP contribution in [0.15, 0.2) is 35.5 Å². The van der Waals surface area contributed by atoms with E-state index < -0.39 is 0 Å². The van der Waals surface area contributed by atoms with Crippen LogP contribution in [0.2, 0.25) is 5.02 Å². The molecule has 4 nitrogen and oxygen atoms in total. The van der Waals surface area contributed by atoms with Gasteiger partial charge >= 0.3 is 0 Å². The number of benzene rings is 1. The summed E-state index contributed by atoms with van der Waals surface area (Å²) in [6, 6.07) is 9.35. The molecule has 0 atom stereocenters. The van der Waals surface area contributed by atoms with E-state index in [1.54, 1.807) is 6.07 Å². The first-order valence-electron chi connectivity index (χ1n) is 5.70. The van der Waals surface area contributed by atoms with Crippen molar-refractivity contribution in [3.05, 3.63) is 40.9 Å². The maximum atomic E-state index is 6.08. The average Bonchev–Trinajstić information content (AvgIpc) is 2.46. The maximum absolute atomic E-state index is 6.08. The zero-order chi connectivity index (χ0) is 13.7. The Hall–Kier alpha value is -1.46. The minimum Gasteiger partial charge on any atom is -0.473 e. The Morgan fingerprint density at radius 1 is 1.32 bits per heavy atom. The molecule has 100 valence electrons. The molecule has 0 bridgehead atoms. The van der Waals surface area contributed by atoms with Gasteiger partial charge in [0.25, 0.3) is 0 Å². The highest BCUT2D eigenvalue weighted by molar-refractivity contribution is 7.98. The van der Waals surface area contributed by atoms with E-state index in [0.717, 1.165) is 11.4 Å². The molecule has 0 fully saturated rings. The van der Waals surface area contributed by atoms with E-state index in [-0.39, 0.29) is 0 Å². The summed E-state index contributed by atoms with van der Waals surface area (Å²) in [5.41, 5.74) is 0.930. The molecule has 1 N–H and O–H groups in total. The van der Waals surface area contributed by atoms with Gasteiger partial charge in [0.15, 0.2) is 5.16 Å². The lowest BCUT2D eigenvalue weighted by Gasteiger charge is -2.09. The van der Waals surface area contributed by atoms with Crippen molar-refractivity contribution in [3.63, 3.8) is 0 Å². The highest BCUT2D eigenvalue weighted by Crippen LogP contribution is 2.21. The standard InChI is InChI=1S/C13H14ClN3OS/c1-15-11-7-12(17-13(16-11)19-2)18-8-9-5-3-4-6-10(9)14/h3-7H,8H2,1-2H3,(H,15,16,17). The van der Waals surface area contributed by atoms with Crippen molar-refractivity contribution >= 4 is 29.2 Å². The Labute approximate surface area is 121 Å². The van der Waals surface area contributed by atoms with Crippen molar-refractivity contribution in [3.8, 4) is 5.88 Å². The number of anilines is 1. The van der Waals surface area contributed by atoms with Crippen LogP contribution in [0.3, 0.4) is 0 Å². The lowest BCUT2D eigenvalue weighted by molar-refractivity contribution is 0.291. The number of aromatic nitrogens is 2. The van der Waals surface area contributed by atoms with Gasteiger partial charge < -0.3 is 10.1 Å². The normalized spacial score (nSPS) is 10.3. The van der Waals surface area contributed by atoms with Crippen LogP contribution in [-0.2, 0) is 6.61 Å². The van der Waals surface area contributed by atoms with Gasteiger partial charge in [-0.05, 0) is 12.3 Å². The monoisotopic (exact) mass is 295 g/mol. The summed E-state index contributed by atoms with van der Waals surface area (Å²) in [5.74, 6) is 1.26. The Morgan fingerprint density at radius 2 is 2.11 bits per heavy atom. The third kappa shape index (κ3) is 3.75. The van der Waals surface area contributed by atoms with Gasteiger partial charge in [0, 0.05) is 23.7 Å². The van der Waals surface area contributed by atoms with E-state index in [1.165, 1.54) is 11.8 Å². The molecule has 0 saturated heterocycles. The van der Waals surface area contributed by atoms with Crippen LogP contribution >= 0.6 is 23.4 Å². The molecule has 0 aliphatic carbocycles. The number of hydrogen-bond donors (Lipinski definition) is 1. The Bertz CT molecular complexity index is 543. The van der Waals surface area contributed by atoms with E-state index in [4.69, 9.17) is 16.3 Å². The first-order chi connectivity index (χ1) is 9.22. The quantitative estimate of drug-likeness (QED) is 0.676. The predicted octanol–water partition coefficient (Wildman–Crippen LogP) is 3.47. The number of thioether (sulfide) groups is 1. The minimum atomic E-state index is 0.383. The Kier molecular flexibility index (Phi) is 4.87. The van der Waals surface area contributed by atoms with E-state index in [2.05, 4.69) is 15.3 Å². The lowest BCUT2D eigenvalue weighted by atomic mass is 10.2. The average molecular weight is 296 g/mol. The fourth-order valence-corrected chi connectivity index (χ4v) is 2.03. The molecule has 19 heavy (non-hydrogen) atoms. The van der Waals surface area contributed by atoms with Gasteiger partial charge in [0.05, 0.1) is 0 Å². The number of rotatable bonds is 5. The van der Waals surface area contributed by atoms with Gasteiger partial charge in [-0.3, -0.25) is 0 Å². The second kappa shape index (κ2) is 6.63. The van der Waals surface area contributed by atoms with Crippen molar-refractivity contribution in [2.75, 3.05) is 18.6 Å². The summed E-state index contributed by atoms with van der Waals surface area (Å²) in [4.78, 5) is 8.57. The van der Waals surface area contributed by atoms with Crippen molar-refractivity contribution in [2.45, 2.75) is 11.8 Å². The second-order valence-electron chi connectivity index (χ2n) is 3.71. The largest absolute Gasteiger partial charge is 0.473 e. The number of halogens is 1. The molecule has 0 saturated carbocycles. The van der Waals surface area contributed by atoms with Crippen LogP contribution in [0.25, 0.3) is 0 Å². The van der Waals surface area contributed by atoms with Gasteiger partial charge in [-0.2, -0.15) is 4.98 Å². The number of nitrogens with one attached hydrogen (secondary N) is 1. The Morgan fingerprint density at radius 3 is 2.79 bits per heavy atom. The fraction of sp³-hybridized carbons (Fsp3) is 0.231. The number of hydrogen-bond acceptors (Lipinski definition) is 5. The highest BCUT2D eigenvalue weighted by Gasteiger charge is 2.05. The van der Waals surface area contributed by atoms with E-state index in [1.807, 2.05) is 37.6 Å². The van der Waals surface area contributed by atoms with E-state index >= 15 is 0 Å². The number of nitrogens with zero attached hydrogens (tertiary/aromatic N) is 2. The van der Waals surface area contributed by atoms with Crippen molar-refractivity contribution in [2.24, 2.45) is 0 Å². The maximum Gasteiger partial charge on any atom is 0.219 e. The summed E-state index contributed by atoms with van der Waals surface area (Å²) in [6.07, 6.45) is 1.92. The van der Waals surface area contributed by atoms with Gasteiger partial charge in [-0.1, -0.05) is 41.6 Å². The van der Waals surface area contributed by atoms with Crippen LogP contribution < -0.4 is 10.1 Å². The third-order valence-electron chi connectivity index (χ3n) is 2.45. The molecule has 0 unspecified atom stereocenters. The van der Waals surface area contributed by atoms with Crippen LogP contribution in [0, 0.1) is 0 Å². The molecule has 0 radical (unpaired) electrons. The fourth-order valence-electron chi connectivity index (χ4n) is 1.46. The molecule has 0 aliphatic rings.